The summed E-state index contributed by atoms with van der Waals surface area (Å²) in [5, 5.41) is 24.1. The van der Waals surface area contributed by atoms with Crippen LogP contribution in [0.5, 0.6) is 17.2 Å². The molecule has 0 aliphatic rings. The molecule has 0 radical (unpaired) electrons. The second kappa shape index (κ2) is 7.77. The zero-order valence-electron chi connectivity index (χ0n) is 13.4. The molecule has 0 atom stereocenters. The number of phenols is 1. The van der Waals surface area contributed by atoms with E-state index in [1.165, 1.54) is 32.4 Å². The summed E-state index contributed by atoms with van der Waals surface area (Å²) in [5.41, 5.74) is 2.44. The van der Waals surface area contributed by atoms with E-state index in [1.54, 1.807) is 6.07 Å². The zero-order chi connectivity index (χ0) is 18.4. The van der Waals surface area contributed by atoms with Gasteiger partial charge in [0.2, 0.25) is 0 Å². The van der Waals surface area contributed by atoms with Crippen LogP contribution in [0.15, 0.2) is 41.5 Å². The Hall–Kier alpha value is -3.62. The fourth-order valence-corrected chi connectivity index (χ4v) is 1.96. The molecule has 9 nitrogen and oxygen atoms in total. The van der Waals surface area contributed by atoms with E-state index in [1.807, 2.05) is 0 Å². The van der Waals surface area contributed by atoms with Gasteiger partial charge in [-0.3, -0.25) is 14.9 Å². The molecule has 0 aromatic heterocycles. The van der Waals surface area contributed by atoms with E-state index in [0.717, 1.165) is 18.3 Å². The fraction of sp³-hybridized carbons (Fsp3) is 0.125. The first-order valence-electron chi connectivity index (χ1n) is 6.99. The van der Waals surface area contributed by atoms with Crippen molar-refractivity contribution < 1.29 is 24.3 Å². The van der Waals surface area contributed by atoms with Crippen molar-refractivity contribution in [3.8, 4) is 17.2 Å². The van der Waals surface area contributed by atoms with Gasteiger partial charge < -0.3 is 14.6 Å². The minimum absolute atomic E-state index is 0.0989. The SMILES string of the molecule is COc1ccc(C(=O)N/N=C/c2cc([N+](=O)[O-])ccc2O)cc1OC. The average Bonchev–Trinajstić information content (AvgIpc) is 2.62. The number of methoxy groups -OCH3 is 2. The number of carbonyl (C=O) groups excluding carboxylic acids is 1. The summed E-state index contributed by atoms with van der Waals surface area (Å²) in [4.78, 5) is 22.2. The maximum atomic E-state index is 12.1. The van der Waals surface area contributed by atoms with Crippen molar-refractivity contribution in [1.82, 2.24) is 5.43 Å². The molecule has 130 valence electrons. The van der Waals surface area contributed by atoms with Gasteiger partial charge in [0, 0.05) is 23.3 Å². The van der Waals surface area contributed by atoms with Gasteiger partial charge in [-0.1, -0.05) is 0 Å². The minimum atomic E-state index is -0.598. The van der Waals surface area contributed by atoms with Crippen molar-refractivity contribution in [2.45, 2.75) is 0 Å². The van der Waals surface area contributed by atoms with Crippen LogP contribution in [-0.4, -0.2) is 36.4 Å². The van der Waals surface area contributed by atoms with E-state index in [2.05, 4.69) is 10.5 Å². The highest BCUT2D eigenvalue weighted by Crippen LogP contribution is 2.27. The summed E-state index contributed by atoms with van der Waals surface area (Å²) in [6.07, 6.45) is 1.11. The number of carbonyl (C=O) groups is 1. The third-order valence-corrected chi connectivity index (χ3v) is 3.24. The lowest BCUT2D eigenvalue weighted by Crippen LogP contribution is -2.17. The lowest BCUT2D eigenvalue weighted by atomic mass is 10.2. The number of phenolic OH excluding ortho intramolecular Hbond substituents is 1. The number of nitro groups is 1. The second-order valence-electron chi connectivity index (χ2n) is 4.77. The molecule has 2 N–H and O–H groups in total. The van der Waals surface area contributed by atoms with E-state index < -0.39 is 10.8 Å². The van der Waals surface area contributed by atoms with Gasteiger partial charge in [0.25, 0.3) is 11.6 Å². The number of non-ortho nitro benzene ring substituents is 1. The number of nitrogens with one attached hydrogen (secondary N) is 1. The normalized spacial score (nSPS) is 10.5. The Morgan fingerprint density at radius 3 is 2.56 bits per heavy atom. The number of hydrogen-bond acceptors (Lipinski definition) is 7. The predicted octanol–water partition coefficient (Wildman–Crippen LogP) is 2.08. The van der Waals surface area contributed by atoms with Crippen LogP contribution >= 0.6 is 0 Å². The Bertz CT molecular complexity index is 835. The molecule has 0 heterocycles. The molecular formula is C16H15N3O6. The minimum Gasteiger partial charge on any atom is -0.507 e. The van der Waals surface area contributed by atoms with Crippen molar-refractivity contribution >= 4 is 17.8 Å². The van der Waals surface area contributed by atoms with Crippen LogP contribution < -0.4 is 14.9 Å². The molecule has 0 fully saturated rings. The number of hydrogen-bond donors (Lipinski definition) is 2. The quantitative estimate of drug-likeness (QED) is 0.469. The van der Waals surface area contributed by atoms with Gasteiger partial charge in [0.05, 0.1) is 25.4 Å². The molecule has 0 aliphatic heterocycles. The molecule has 0 unspecified atom stereocenters. The molecule has 2 aromatic carbocycles. The molecule has 25 heavy (non-hydrogen) atoms. The lowest BCUT2D eigenvalue weighted by Gasteiger charge is -2.08. The lowest BCUT2D eigenvalue weighted by molar-refractivity contribution is -0.384. The van der Waals surface area contributed by atoms with Crippen LogP contribution in [0.3, 0.4) is 0 Å². The molecule has 2 rings (SSSR count). The fourth-order valence-electron chi connectivity index (χ4n) is 1.96. The highest BCUT2D eigenvalue weighted by atomic mass is 16.6. The largest absolute Gasteiger partial charge is 0.507 e. The number of hydrazone groups is 1. The smallest absolute Gasteiger partial charge is 0.271 e. The van der Waals surface area contributed by atoms with Crippen molar-refractivity contribution in [1.29, 1.82) is 0 Å². The van der Waals surface area contributed by atoms with E-state index in [0.29, 0.717) is 11.5 Å². The number of nitrogens with zero attached hydrogens (tertiary/aromatic N) is 2. The van der Waals surface area contributed by atoms with E-state index >= 15 is 0 Å². The molecule has 0 saturated carbocycles. The van der Waals surface area contributed by atoms with Gasteiger partial charge in [0.1, 0.15) is 5.75 Å². The molecule has 2 aromatic rings. The number of ether oxygens (including phenoxy) is 2. The molecule has 1 amide bonds. The third-order valence-electron chi connectivity index (χ3n) is 3.24. The summed E-state index contributed by atoms with van der Waals surface area (Å²) in [7, 11) is 2.93. The summed E-state index contributed by atoms with van der Waals surface area (Å²) in [6, 6.07) is 8.06. The Morgan fingerprint density at radius 2 is 1.92 bits per heavy atom. The highest BCUT2D eigenvalue weighted by Gasteiger charge is 2.11. The maximum Gasteiger partial charge on any atom is 0.271 e. The van der Waals surface area contributed by atoms with E-state index in [-0.39, 0.29) is 22.6 Å². The topological polar surface area (TPSA) is 123 Å². The van der Waals surface area contributed by atoms with Gasteiger partial charge in [0.15, 0.2) is 11.5 Å². The molecule has 0 spiro atoms. The number of amides is 1. The average molecular weight is 345 g/mol. The highest BCUT2D eigenvalue weighted by molar-refractivity contribution is 5.95. The first-order valence-corrected chi connectivity index (χ1v) is 6.99. The Kier molecular flexibility index (Phi) is 5.51. The summed E-state index contributed by atoms with van der Waals surface area (Å²) in [5.74, 6) is 0.136. The van der Waals surface area contributed by atoms with Crippen LogP contribution in [0.25, 0.3) is 0 Å². The van der Waals surface area contributed by atoms with Gasteiger partial charge >= 0.3 is 0 Å². The van der Waals surface area contributed by atoms with Gasteiger partial charge in [-0.25, -0.2) is 5.43 Å². The zero-order valence-corrected chi connectivity index (χ0v) is 13.4. The monoisotopic (exact) mass is 345 g/mol. The number of aromatic hydroxyl groups is 1. The Morgan fingerprint density at radius 1 is 1.20 bits per heavy atom. The van der Waals surface area contributed by atoms with Crippen LogP contribution in [0.2, 0.25) is 0 Å². The standard InChI is InChI=1S/C16H15N3O6/c1-24-14-6-3-10(8-15(14)25-2)16(21)18-17-9-11-7-12(19(22)23)4-5-13(11)20/h3-9,20H,1-2H3,(H,18,21)/b17-9+. The molecule has 9 heteroatoms. The van der Waals surface area contributed by atoms with Crippen LogP contribution in [0.1, 0.15) is 15.9 Å². The first-order chi connectivity index (χ1) is 12.0. The van der Waals surface area contributed by atoms with Crippen LogP contribution in [-0.2, 0) is 0 Å². The van der Waals surface area contributed by atoms with Crippen LogP contribution in [0.4, 0.5) is 5.69 Å². The number of nitro benzene ring substituents is 1. The molecular weight excluding hydrogens is 330 g/mol. The van der Waals surface area contributed by atoms with Crippen molar-refractivity contribution in [3.63, 3.8) is 0 Å². The Labute approximate surface area is 142 Å². The number of rotatable bonds is 6. The Balaban J connectivity index is 2.13. The van der Waals surface area contributed by atoms with E-state index in [4.69, 9.17) is 9.47 Å². The third kappa shape index (κ3) is 4.22. The summed E-state index contributed by atoms with van der Waals surface area (Å²) < 4.78 is 10.2. The second-order valence-corrected chi connectivity index (χ2v) is 4.77. The molecule has 0 bridgehead atoms. The van der Waals surface area contributed by atoms with Crippen molar-refractivity contribution in [2.75, 3.05) is 14.2 Å². The van der Waals surface area contributed by atoms with Crippen molar-refractivity contribution in [3.05, 3.63) is 57.6 Å². The molecule has 0 saturated heterocycles. The number of benzene rings is 2. The summed E-state index contributed by atoms with van der Waals surface area (Å²) in [6.45, 7) is 0. The maximum absolute atomic E-state index is 12.1. The van der Waals surface area contributed by atoms with Gasteiger partial charge in [-0.05, 0) is 24.3 Å². The molecule has 0 aliphatic carbocycles. The van der Waals surface area contributed by atoms with E-state index in [9.17, 15) is 20.0 Å². The predicted molar refractivity (Wildman–Crippen MR) is 89.4 cm³/mol. The first kappa shape index (κ1) is 17.7. The summed E-state index contributed by atoms with van der Waals surface area (Å²) >= 11 is 0. The van der Waals surface area contributed by atoms with Crippen molar-refractivity contribution in [2.24, 2.45) is 5.10 Å². The van der Waals surface area contributed by atoms with Crippen LogP contribution in [0, 0.1) is 10.1 Å². The van der Waals surface area contributed by atoms with Gasteiger partial charge in [-0.2, -0.15) is 5.10 Å². The van der Waals surface area contributed by atoms with Gasteiger partial charge in [-0.15, -0.1) is 0 Å².